The number of carbonyl (C=O) groups is 2. The third kappa shape index (κ3) is 16.8. The average molecular weight is 435 g/mol. The maximum absolute atomic E-state index is 11.2. The first-order chi connectivity index (χ1) is 14.1. The molecule has 0 spiro atoms. The molecule has 0 heterocycles. The van der Waals surface area contributed by atoms with Crippen LogP contribution >= 0.6 is 11.8 Å². The van der Waals surface area contributed by atoms with E-state index in [1.807, 2.05) is 0 Å². The molecular weight excluding hydrogens is 396 g/mol. The molecule has 0 aromatic carbocycles. The summed E-state index contributed by atoms with van der Waals surface area (Å²) in [6, 6.07) is 0. The van der Waals surface area contributed by atoms with Crippen LogP contribution in [0.1, 0.15) is 73.6 Å². The average Bonchev–Trinajstić information content (AvgIpc) is 2.63. The molecule has 0 aromatic heterocycles. The lowest BCUT2D eigenvalue weighted by Crippen LogP contribution is -2.23. The van der Waals surface area contributed by atoms with Gasteiger partial charge in [0.15, 0.2) is 5.71 Å². The van der Waals surface area contributed by atoms with E-state index in [1.54, 1.807) is 0 Å². The number of carbonyl (C=O) groups excluding carboxylic acids is 1. The molecule has 0 radical (unpaired) electrons. The Morgan fingerprint density at radius 3 is 2.10 bits per heavy atom. The first-order valence-corrected chi connectivity index (χ1v) is 11.5. The lowest BCUT2D eigenvalue weighted by atomic mass is 10.0. The molecular formula is C24H38N2O3S. The van der Waals surface area contributed by atoms with Gasteiger partial charge in [-0.1, -0.05) is 46.6 Å². The lowest BCUT2D eigenvalue weighted by molar-refractivity contribution is -0.129. The number of nitrogens with zero attached hydrogens (tertiary/aromatic N) is 1. The van der Waals surface area contributed by atoms with Crippen LogP contribution in [0.25, 0.3) is 0 Å². The molecule has 0 saturated carbocycles. The Morgan fingerprint density at radius 2 is 1.53 bits per heavy atom. The predicted octanol–water partition coefficient (Wildman–Crippen LogP) is 6.05. The second kappa shape index (κ2) is 16.7. The third-order valence-corrected chi connectivity index (χ3v) is 5.03. The molecule has 0 fully saturated rings. The van der Waals surface area contributed by atoms with Crippen LogP contribution in [-0.4, -0.2) is 34.2 Å². The highest BCUT2D eigenvalue weighted by molar-refractivity contribution is 8.00. The molecule has 6 heteroatoms. The fourth-order valence-electron chi connectivity index (χ4n) is 2.44. The van der Waals surface area contributed by atoms with Crippen LogP contribution in [0.5, 0.6) is 0 Å². The van der Waals surface area contributed by atoms with E-state index in [2.05, 4.69) is 69.4 Å². The number of thioether (sulfide) groups is 1. The van der Waals surface area contributed by atoms with Crippen molar-refractivity contribution in [1.82, 2.24) is 5.43 Å². The number of allylic oxidation sites excluding steroid dienone is 7. The molecule has 0 bridgehead atoms. The summed E-state index contributed by atoms with van der Waals surface area (Å²) in [5.74, 6) is -0.543. The molecule has 0 unspecified atom stereocenters. The van der Waals surface area contributed by atoms with Gasteiger partial charge in [0.25, 0.3) is 0 Å². The van der Waals surface area contributed by atoms with Crippen LogP contribution in [-0.2, 0) is 9.59 Å². The topological polar surface area (TPSA) is 78.8 Å². The van der Waals surface area contributed by atoms with Gasteiger partial charge >= 0.3 is 5.97 Å². The van der Waals surface area contributed by atoms with Crippen molar-refractivity contribution < 1.29 is 14.7 Å². The molecule has 1 amide bonds. The highest BCUT2D eigenvalue weighted by atomic mass is 32.2. The number of nitrogens with one attached hydrogen (secondary N) is 1. The summed E-state index contributed by atoms with van der Waals surface area (Å²) in [7, 11) is 0. The van der Waals surface area contributed by atoms with Gasteiger partial charge < -0.3 is 5.11 Å². The molecule has 0 aliphatic carbocycles. The summed E-state index contributed by atoms with van der Waals surface area (Å²) in [6.45, 7) is 11.9. The van der Waals surface area contributed by atoms with E-state index in [0.717, 1.165) is 32.1 Å². The van der Waals surface area contributed by atoms with Gasteiger partial charge in [-0.2, -0.15) is 16.9 Å². The zero-order valence-electron chi connectivity index (χ0n) is 19.4. The summed E-state index contributed by atoms with van der Waals surface area (Å²) < 4.78 is 0. The fourth-order valence-corrected chi connectivity index (χ4v) is 3.29. The maximum atomic E-state index is 11.2. The van der Waals surface area contributed by atoms with Crippen LogP contribution in [0, 0.1) is 0 Å². The van der Waals surface area contributed by atoms with E-state index in [1.165, 1.54) is 41.0 Å². The van der Waals surface area contributed by atoms with Crippen LogP contribution in [0.15, 0.2) is 51.7 Å². The zero-order valence-corrected chi connectivity index (χ0v) is 20.2. The Labute approximate surface area is 186 Å². The summed E-state index contributed by atoms with van der Waals surface area (Å²) in [5, 5.41) is 12.8. The Bertz CT molecular complexity index is 708. The fraction of sp³-hybridized carbons (Fsp3) is 0.542. The van der Waals surface area contributed by atoms with Crippen LogP contribution in [0.3, 0.4) is 0 Å². The minimum Gasteiger partial charge on any atom is -0.477 e. The van der Waals surface area contributed by atoms with Gasteiger partial charge in [-0.05, 0) is 66.7 Å². The monoisotopic (exact) mass is 434 g/mol. The zero-order chi connectivity index (χ0) is 22.9. The molecule has 0 atom stereocenters. The van der Waals surface area contributed by atoms with Gasteiger partial charge in [0.2, 0.25) is 5.91 Å². The predicted molar refractivity (Wildman–Crippen MR) is 130 cm³/mol. The van der Waals surface area contributed by atoms with E-state index < -0.39 is 5.97 Å². The van der Waals surface area contributed by atoms with E-state index in [-0.39, 0.29) is 17.4 Å². The Kier molecular flexibility index (Phi) is 15.5. The first-order valence-electron chi connectivity index (χ1n) is 10.4. The molecule has 0 aliphatic rings. The van der Waals surface area contributed by atoms with E-state index in [0.29, 0.717) is 5.75 Å². The molecule has 2 N–H and O–H groups in total. The van der Waals surface area contributed by atoms with Gasteiger partial charge in [0, 0.05) is 18.4 Å². The quantitative estimate of drug-likeness (QED) is 0.151. The number of carboxylic acid groups (broad SMARTS) is 1. The largest absolute Gasteiger partial charge is 0.477 e. The van der Waals surface area contributed by atoms with Crippen molar-refractivity contribution in [2.45, 2.75) is 73.6 Å². The molecule has 168 valence electrons. The van der Waals surface area contributed by atoms with E-state index >= 15 is 0 Å². The Balaban J connectivity index is 4.76. The maximum Gasteiger partial charge on any atom is 0.352 e. The molecule has 0 aliphatic heterocycles. The summed E-state index contributed by atoms with van der Waals surface area (Å²) in [5.41, 5.74) is 7.56. The summed E-state index contributed by atoms with van der Waals surface area (Å²) >= 11 is 1.48. The molecule has 0 saturated heterocycles. The number of carboxylic acids is 1. The van der Waals surface area contributed by atoms with Crippen molar-refractivity contribution in [2.24, 2.45) is 5.10 Å². The van der Waals surface area contributed by atoms with E-state index in [9.17, 15) is 14.7 Å². The van der Waals surface area contributed by atoms with Crippen molar-refractivity contribution in [3.8, 4) is 0 Å². The van der Waals surface area contributed by atoms with Crippen LogP contribution < -0.4 is 5.43 Å². The second-order valence-corrected chi connectivity index (χ2v) is 8.83. The van der Waals surface area contributed by atoms with Gasteiger partial charge in [-0.15, -0.1) is 0 Å². The molecule has 5 nitrogen and oxygen atoms in total. The number of rotatable bonds is 14. The summed E-state index contributed by atoms with van der Waals surface area (Å²) in [6.07, 6.45) is 14.1. The summed E-state index contributed by atoms with van der Waals surface area (Å²) in [4.78, 5) is 22.1. The lowest BCUT2D eigenvalue weighted by Gasteiger charge is -2.06. The first kappa shape index (κ1) is 27.9. The van der Waals surface area contributed by atoms with Gasteiger partial charge in [0.05, 0.1) is 0 Å². The number of aliphatic carboxylic acids is 1. The Hall–Kier alpha value is -2.08. The number of hydrazone groups is 1. The highest BCUT2D eigenvalue weighted by Crippen LogP contribution is 2.17. The standard InChI is InChI=1S/C24H38N2O3S/c1-18(2)9-7-10-20(5)11-8-12-22(14-13-19(3)4)15-16-30-17-23(24(28)29)26-25-21(6)27/h9,11,13,15H,7-8,10,12,14,16-17H2,1-6H3,(H,25,27)(H,28,29)/b20-11+,22-15-,26-23-. The van der Waals surface area contributed by atoms with Gasteiger partial charge in [-0.3, -0.25) is 4.79 Å². The van der Waals surface area contributed by atoms with Crippen LogP contribution in [0.4, 0.5) is 0 Å². The van der Waals surface area contributed by atoms with Crippen molar-refractivity contribution in [2.75, 3.05) is 11.5 Å². The molecule has 0 rings (SSSR count). The van der Waals surface area contributed by atoms with Crippen molar-refractivity contribution in [1.29, 1.82) is 0 Å². The normalized spacial score (nSPS) is 12.4. The highest BCUT2D eigenvalue weighted by Gasteiger charge is 2.09. The second-order valence-electron chi connectivity index (χ2n) is 7.80. The third-order valence-electron chi connectivity index (χ3n) is 4.15. The smallest absolute Gasteiger partial charge is 0.352 e. The van der Waals surface area contributed by atoms with Crippen LogP contribution in [0.2, 0.25) is 0 Å². The van der Waals surface area contributed by atoms with Crippen molar-refractivity contribution >= 4 is 29.4 Å². The SMILES string of the molecule is CC(=O)N/N=C(/CSC/C=C(\CC=C(C)C)CC/C=C(\C)CCC=C(C)C)C(=O)O. The minimum absolute atomic E-state index is 0.0515. The molecule has 30 heavy (non-hydrogen) atoms. The van der Waals surface area contributed by atoms with Crippen molar-refractivity contribution in [3.63, 3.8) is 0 Å². The number of hydrogen-bond donors (Lipinski definition) is 2. The van der Waals surface area contributed by atoms with E-state index in [4.69, 9.17) is 0 Å². The van der Waals surface area contributed by atoms with Crippen molar-refractivity contribution in [3.05, 3.63) is 46.6 Å². The number of hydrogen-bond acceptors (Lipinski definition) is 4. The Morgan fingerprint density at radius 1 is 0.900 bits per heavy atom. The molecule has 0 aromatic rings. The van der Waals surface area contributed by atoms with Gasteiger partial charge in [0.1, 0.15) is 0 Å². The number of amides is 1. The van der Waals surface area contributed by atoms with Gasteiger partial charge in [-0.25, -0.2) is 10.2 Å². The minimum atomic E-state index is -1.11.